The number of phosphoric ester groups is 1. The zero-order chi connectivity index (χ0) is 66.3. The van der Waals surface area contributed by atoms with Crippen molar-refractivity contribution in [1.82, 2.24) is 5.32 Å². The van der Waals surface area contributed by atoms with Crippen molar-refractivity contribution in [2.75, 3.05) is 40.9 Å². The first kappa shape index (κ1) is 87.7. The molecule has 0 radical (unpaired) electrons. The summed E-state index contributed by atoms with van der Waals surface area (Å²) in [4.78, 5) is 40.3. The van der Waals surface area contributed by atoms with Crippen LogP contribution in [0.1, 0.15) is 342 Å². The van der Waals surface area contributed by atoms with Crippen LogP contribution in [0.3, 0.4) is 0 Å². The Balaban J connectivity index is 5.05. The summed E-state index contributed by atoms with van der Waals surface area (Å²) in [6, 6.07) is -0.904. The van der Waals surface area contributed by atoms with Crippen molar-refractivity contribution in [2.45, 2.75) is 354 Å². The number of nitrogens with one attached hydrogen (secondary N) is 1. The molecular formula is C81H145N2O7P. The van der Waals surface area contributed by atoms with Crippen LogP contribution in [0.15, 0.2) is 109 Å². The Labute approximate surface area is 563 Å². The smallest absolute Gasteiger partial charge is 0.306 e. The molecule has 3 unspecified atom stereocenters. The molecule has 10 heteroatoms. The van der Waals surface area contributed by atoms with E-state index in [4.69, 9.17) is 13.8 Å². The van der Waals surface area contributed by atoms with Gasteiger partial charge in [0.25, 0.3) is 7.82 Å². The van der Waals surface area contributed by atoms with E-state index in [1.54, 1.807) is 0 Å². The zero-order valence-corrected chi connectivity index (χ0v) is 61.2. The molecule has 0 saturated carbocycles. The van der Waals surface area contributed by atoms with Crippen molar-refractivity contribution < 1.29 is 37.3 Å². The number of phosphoric acid groups is 1. The molecule has 0 fully saturated rings. The molecule has 0 rings (SSSR count). The molecule has 9 nitrogen and oxygen atoms in total. The summed E-state index contributed by atoms with van der Waals surface area (Å²) >= 11 is 0. The van der Waals surface area contributed by atoms with Gasteiger partial charge in [-0.15, -0.1) is 0 Å². The third kappa shape index (κ3) is 70.8. The van der Waals surface area contributed by atoms with Crippen LogP contribution in [-0.2, 0) is 27.9 Å². The highest BCUT2D eigenvalue weighted by Crippen LogP contribution is 2.38. The van der Waals surface area contributed by atoms with Gasteiger partial charge in [-0.1, -0.05) is 323 Å². The summed E-state index contributed by atoms with van der Waals surface area (Å²) in [7, 11) is 1.17. The molecule has 1 amide bonds. The van der Waals surface area contributed by atoms with Gasteiger partial charge in [-0.25, -0.2) is 0 Å². The van der Waals surface area contributed by atoms with E-state index in [1.165, 1.54) is 180 Å². The van der Waals surface area contributed by atoms with E-state index in [0.717, 1.165) is 128 Å². The van der Waals surface area contributed by atoms with E-state index in [0.29, 0.717) is 17.4 Å². The summed E-state index contributed by atoms with van der Waals surface area (Å²) in [5, 5.41) is 3.04. The van der Waals surface area contributed by atoms with E-state index in [9.17, 15) is 19.0 Å². The highest BCUT2D eigenvalue weighted by atomic mass is 31.2. The van der Waals surface area contributed by atoms with Crippen LogP contribution in [0, 0.1) is 0 Å². The molecule has 0 aliphatic carbocycles. The van der Waals surface area contributed by atoms with Crippen LogP contribution >= 0.6 is 7.82 Å². The second-order valence-electron chi connectivity index (χ2n) is 26.8. The SMILES string of the molecule is CC/C=C\C/C=C\C/C=C\C/C=C\C/C=C\C/C=C\CCCCCCCCC(=O)NC(COP(=O)([O-])OCC[N+](C)(C)C)C(/C=C/CCCCCCCCCCCCC)OC(=O)CCCCCCCCCCCCCCCCCCC/C=C\C/C=C\CCCCC. The molecule has 0 aliphatic rings. The predicted molar refractivity (Wildman–Crippen MR) is 394 cm³/mol. The molecular weight excluding hydrogens is 1140 g/mol. The van der Waals surface area contributed by atoms with Crippen LogP contribution in [0.25, 0.3) is 0 Å². The lowest BCUT2D eigenvalue weighted by Gasteiger charge is -2.30. The summed E-state index contributed by atoms with van der Waals surface area (Å²) < 4.78 is 30.5. The van der Waals surface area contributed by atoms with Gasteiger partial charge in [-0.05, 0) is 115 Å². The molecule has 0 saturated heterocycles. The lowest BCUT2D eigenvalue weighted by molar-refractivity contribution is -0.870. The Morgan fingerprint density at radius 1 is 0.396 bits per heavy atom. The quantitative estimate of drug-likeness (QED) is 0.0212. The fourth-order valence-corrected chi connectivity index (χ4v) is 11.6. The third-order valence-electron chi connectivity index (χ3n) is 16.7. The molecule has 0 spiro atoms. The minimum atomic E-state index is -4.72. The Kier molecular flexibility index (Phi) is 67.0. The van der Waals surface area contributed by atoms with Crippen molar-refractivity contribution in [1.29, 1.82) is 0 Å². The normalized spacial score (nSPS) is 14.1. The second-order valence-corrected chi connectivity index (χ2v) is 28.2. The number of ether oxygens (including phenoxy) is 1. The molecule has 0 aromatic rings. The van der Waals surface area contributed by atoms with Crippen molar-refractivity contribution in [3.8, 4) is 0 Å². The highest BCUT2D eigenvalue weighted by molar-refractivity contribution is 7.45. The van der Waals surface area contributed by atoms with Gasteiger partial charge in [0.05, 0.1) is 33.8 Å². The maximum absolute atomic E-state index is 13.6. The minimum Gasteiger partial charge on any atom is -0.756 e. The molecule has 91 heavy (non-hydrogen) atoms. The highest BCUT2D eigenvalue weighted by Gasteiger charge is 2.27. The van der Waals surface area contributed by atoms with E-state index in [2.05, 4.69) is 123 Å². The fourth-order valence-electron chi connectivity index (χ4n) is 10.9. The molecule has 526 valence electrons. The molecule has 3 atom stereocenters. The minimum absolute atomic E-state index is 0.0291. The lowest BCUT2D eigenvalue weighted by Crippen LogP contribution is -2.47. The number of carbonyl (C=O) groups is 2. The second kappa shape index (κ2) is 69.5. The molecule has 0 aromatic heterocycles. The average Bonchev–Trinajstić information content (AvgIpc) is 3.73. The lowest BCUT2D eigenvalue weighted by atomic mass is 10.0. The van der Waals surface area contributed by atoms with Crippen LogP contribution < -0.4 is 10.2 Å². The van der Waals surface area contributed by atoms with Crippen LogP contribution in [0.2, 0.25) is 0 Å². The van der Waals surface area contributed by atoms with E-state index in [1.807, 2.05) is 33.3 Å². The van der Waals surface area contributed by atoms with Gasteiger partial charge in [0.15, 0.2) is 0 Å². The van der Waals surface area contributed by atoms with Crippen LogP contribution in [0.5, 0.6) is 0 Å². The number of hydrogen-bond donors (Lipinski definition) is 1. The first-order chi connectivity index (χ1) is 44.4. The van der Waals surface area contributed by atoms with E-state index in [-0.39, 0.29) is 24.9 Å². The van der Waals surface area contributed by atoms with Crippen molar-refractivity contribution in [2.24, 2.45) is 0 Å². The van der Waals surface area contributed by atoms with Gasteiger partial charge < -0.3 is 28.5 Å². The molecule has 0 heterocycles. The van der Waals surface area contributed by atoms with E-state index >= 15 is 0 Å². The van der Waals surface area contributed by atoms with Crippen molar-refractivity contribution in [3.05, 3.63) is 109 Å². The standard InChI is InChI=1S/C81H145N2O7P/c1-7-10-13-16-19-22-25-28-30-32-34-36-38-40-41-43-45-47-49-51-53-56-59-62-65-68-71-74-81(85)90-79(72-69-66-63-60-57-54-27-24-21-18-15-12-9-3)78(77-89-91(86,87)88-76-75-83(4,5)6)82-80(84)73-70-67-64-61-58-55-52-50-48-46-44-42-39-37-35-33-31-29-26-23-20-17-14-11-8-2/h11,14,19-20,22-23,28-31,35,37,42,44,48,50,69,72,78-79H,7-10,12-13,15-18,21,24-27,32-34,36,38-41,43,45-47,49,51-68,70-71,73-77H2,1-6H3,(H-,82,84,86,87)/b14-11-,22-19-,23-20-,30-28-,31-29-,37-35-,44-42-,50-48-,72-69+. The first-order valence-electron chi connectivity index (χ1n) is 38.2. The predicted octanol–water partition coefficient (Wildman–Crippen LogP) is 24.2. The summed E-state index contributed by atoms with van der Waals surface area (Å²) in [6.07, 6.45) is 96.5. The fraction of sp³-hybridized carbons (Fsp3) is 0.753. The number of rotatable bonds is 69. The number of carbonyl (C=O) groups excluding carboxylic acids is 2. The number of likely N-dealkylation sites (N-methyl/N-ethyl adjacent to an activating group) is 1. The van der Waals surface area contributed by atoms with Crippen molar-refractivity contribution >= 4 is 19.7 Å². The van der Waals surface area contributed by atoms with E-state index < -0.39 is 26.6 Å². The Bertz CT molecular complexity index is 1930. The summed E-state index contributed by atoms with van der Waals surface area (Å²) in [6.45, 7) is 6.73. The molecule has 1 N–H and O–H groups in total. The van der Waals surface area contributed by atoms with Crippen molar-refractivity contribution in [3.63, 3.8) is 0 Å². The topological polar surface area (TPSA) is 114 Å². The maximum atomic E-state index is 13.6. The van der Waals surface area contributed by atoms with Gasteiger partial charge >= 0.3 is 5.97 Å². The van der Waals surface area contributed by atoms with Gasteiger partial charge in [0, 0.05) is 12.8 Å². The Hall–Kier alpha value is -3.33. The number of hydrogen-bond acceptors (Lipinski definition) is 7. The van der Waals surface area contributed by atoms with Gasteiger partial charge in [-0.2, -0.15) is 0 Å². The average molecular weight is 1290 g/mol. The Morgan fingerprint density at radius 2 is 0.703 bits per heavy atom. The number of amides is 1. The molecule has 0 aromatic carbocycles. The monoisotopic (exact) mass is 1290 g/mol. The molecule has 0 bridgehead atoms. The summed E-state index contributed by atoms with van der Waals surface area (Å²) in [5.74, 6) is -0.551. The van der Waals surface area contributed by atoms with Crippen LogP contribution in [0.4, 0.5) is 0 Å². The van der Waals surface area contributed by atoms with Gasteiger partial charge in [0.1, 0.15) is 19.3 Å². The summed E-state index contributed by atoms with van der Waals surface area (Å²) in [5.41, 5.74) is 0. The third-order valence-corrected chi connectivity index (χ3v) is 17.7. The van der Waals surface area contributed by atoms with Crippen LogP contribution in [-0.4, -0.2) is 69.4 Å². The number of nitrogens with zero attached hydrogens (tertiary/aromatic N) is 1. The maximum Gasteiger partial charge on any atom is 0.306 e. The number of esters is 1. The first-order valence-corrected chi connectivity index (χ1v) is 39.7. The number of quaternary nitrogens is 1. The zero-order valence-electron chi connectivity index (χ0n) is 60.3. The van der Waals surface area contributed by atoms with Gasteiger partial charge in [0.2, 0.25) is 5.91 Å². The number of allylic oxidation sites excluding steroid dienone is 17. The Morgan fingerprint density at radius 3 is 1.08 bits per heavy atom. The number of unbranched alkanes of at least 4 members (excludes halogenated alkanes) is 37. The largest absolute Gasteiger partial charge is 0.756 e. The molecule has 0 aliphatic heterocycles. The van der Waals surface area contributed by atoms with Gasteiger partial charge in [-0.3, -0.25) is 14.2 Å².